The van der Waals surface area contributed by atoms with Crippen LogP contribution in [0.4, 0.5) is 0 Å². The van der Waals surface area contributed by atoms with Crippen LogP contribution in [0.3, 0.4) is 0 Å². The van der Waals surface area contributed by atoms with Crippen LogP contribution in [0.25, 0.3) is 0 Å². The molecule has 2 atom stereocenters. The Labute approximate surface area is 126 Å². The lowest BCUT2D eigenvalue weighted by atomic mass is 9.80. The molecule has 3 heteroatoms. The van der Waals surface area contributed by atoms with Crippen molar-refractivity contribution in [3.63, 3.8) is 0 Å². The lowest BCUT2D eigenvalue weighted by Gasteiger charge is -2.30. The number of rotatable bonds is 4. The summed E-state index contributed by atoms with van der Waals surface area (Å²) in [5, 5.41) is 10.7. The summed E-state index contributed by atoms with van der Waals surface area (Å²) in [6, 6.07) is 8.29. The van der Waals surface area contributed by atoms with E-state index in [-0.39, 0.29) is 17.1 Å². The molecule has 0 aliphatic carbocycles. The minimum atomic E-state index is -0.465. The predicted octanol–water partition coefficient (Wildman–Crippen LogP) is 4.43. The van der Waals surface area contributed by atoms with E-state index in [1.54, 1.807) is 0 Å². The second kappa shape index (κ2) is 5.70. The third kappa shape index (κ3) is 3.38. The van der Waals surface area contributed by atoms with E-state index in [2.05, 4.69) is 46.8 Å². The van der Waals surface area contributed by atoms with Crippen LogP contribution in [0, 0.1) is 5.92 Å². The van der Waals surface area contributed by atoms with Gasteiger partial charge in [0.2, 0.25) is 0 Å². The maximum absolute atomic E-state index is 10.7. The first-order valence-corrected chi connectivity index (χ1v) is 8.35. The molecule has 1 fully saturated rings. The molecule has 20 heavy (non-hydrogen) atoms. The van der Waals surface area contributed by atoms with Crippen molar-refractivity contribution < 1.29 is 9.84 Å². The zero-order valence-corrected chi connectivity index (χ0v) is 14.0. The fourth-order valence-electron chi connectivity index (χ4n) is 3.26. The molecule has 1 heterocycles. The van der Waals surface area contributed by atoms with Gasteiger partial charge in [-0.1, -0.05) is 19.1 Å². The summed E-state index contributed by atoms with van der Waals surface area (Å²) >= 11 is 1.82. The molecule has 1 aromatic carbocycles. The van der Waals surface area contributed by atoms with Gasteiger partial charge in [0, 0.05) is 10.8 Å². The van der Waals surface area contributed by atoms with Gasteiger partial charge >= 0.3 is 0 Å². The topological polar surface area (TPSA) is 29.5 Å². The molecular formula is C17H26O2S. The number of aliphatic hydroxyl groups is 1. The van der Waals surface area contributed by atoms with E-state index in [0.717, 1.165) is 17.7 Å². The van der Waals surface area contributed by atoms with E-state index in [1.807, 2.05) is 23.9 Å². The molecule has 2 unspecified atom stereocenters. The highest BCUT2D eigenvalue weighted by molar-refractivity contribution is 7.99. The third-order valence-electron chi connectivity index (χ3n) is 4.06. The van der Waals surface area contributed by atoms with Gasteiger partial charge in [-0.15, -0.1) is 11.8 Å². The van der Waals surface area contributed by atoms with Gasteiger partial charge in [-0.2, -0.15) is 0 Å². The molecule has 0 spiro atoms. The van der Waals surface area contributed by atoms with Gasteiger partial charge in [0.25, 0.3) is 0 Å². The van der Waals surface area contributed by atoms with Crippen LogP contribution < -0.4 is 0 Å². The van der Waals surface area contributed by atoms with Crippen molar-refractivity contribution in [3.05, 3.63) is 29.8 Å². The molecule has 112 valence electrons. The molecule has 1 aliphatic heterocycles. The lowest BCUT2D eigenvalue weighted by Crippen LogP contribution is -2.32. The van der Waals surface area contributed by atoms with Crippen molar-refractivity contribution in [2.45, 2.75) is 63.2 Å². The molecule has 0 saturated carbocycles. The second-order valence-electron chi connectivity index (χ2n) is 6.72. The first kappa shape index (κ1) is 15.9. The highest BCUT2D eigenvalue weighted by Gasteiger charge is 2.49. The van der Waals surface area contributed by atoms with E-state index in [4.69, 9.17) is 4.74 Å². The maximum atomic E-state index is 10.7. The van der Waals surface area contributed by atoms with Gasteiger partial charge < -0.3 is 9.84 Å². The largest absolute Gasteiger partial charge is 0.388 e. The van der Waals surface area contributed by atoms with E-state index < -0.39 is 6.10 Å². The Morgan fingerprint density at radius 2 is 1.85 bits per heavy atom. The highest BCUT2D eigenvalue weighted by Crippen LogP contribution is 2.47. The number of thioether (sulfide) groups is 1. The Hall–Kier alpha value is -0.510. The number of hydrogen-bond donors (Lipinski definition) is 1. The van der Waals surface area contributed by atoms with Gasteiger partial charge in [0.05, 0.1) is 17.3 Å². The normalized spacial score (nSPS) is 25.6. The molecule has 0 amide bonds. The van der Waals surface area contributed by atoms with Crippen molar-refractivity contribution in [2.75, 3.05) is 5.75 Å². The van der Waals surface area contributed by atoms with Gasteiger partial charge in [-0.25, -0.2) is 0 Å². The van der Waals surface area contributed by atoms with Crippen LogP contribution in [0.15, 0.2) is 29.2 Å². The third-order valence-corrected chi connectivity index (χ3v) is 4.95. The minimum Gasteiger partial charge on any atom is -0.388 e. The van der Waals surface area contributed by atoms with Crippen LogP contribution >= 0.6 is 11.8 Å². The van der Waals surface area contributed by atoms with Crippen LogP contribution in [0.5, 0.6) is 0 Å². The molecule has 1 aromatic rings. The zero-order chi connectivity index (χ0) is 15.0. The lowest BCUT2D eigenvalue weighted by molar-refractivity contribution is -0.0880. The van der Waals surface area contributed by atoms with Crippen LogP contribution in [-0.2, 0) is 4.74 Å². The molecule has 0 bridgehead atoms. The zero-order valence-electron chi connectivity index (χ0n) is 13.1. The van der Waals surface area contributed by atoms with Gasteiger partial charge in [0.1, 0.15) is 0 Å². The quantitative estimate of drug-likeness (QED) is 0.833. The van der Waals surface area contributed by atoms with Crippen molar-refractivity contribution >= 4 is 11.8 Å². The summed E-state index contributed by atoms with van der Waals surface area (Å²) < 4.78 is 6.09. The molecule has 1 aliphatic rings. The average Bonchev–Trinajstić information content (AvgIpc) is 2.58. The van der Waals surface area contributed by atoms with Crippen molar-refractivity contribution in [2.24, 2.45) is 5.92 Å². The fourth-order valence-corrected chi connectivity index (χ4v) is 3.92. The number of ether oxygens (including phenoxy) is 1. The number of aliphatic hydroxyl groups excluding tert-OH is 1. The molecule has 2 rings (SSSR count). The first-order chi connectivity index (χ1) is 9.25. The van der Waals surface area contributed by atoms with Crippen LogP contribution in [0.1, 0.15) is 52.7 Å². The van der Waals surface area contributed by atoms with Gasteiger partial charge in [0.15, 0.2) is 0 Å². The van der Waals surface area contributed by atoms with E-state index in [1.165, 1.54) is 4.90 Å². The number of benzene rings is 1. The van der Waals surface area contributed by atoms with Crippen LogP contribution in [0.2, 0.25) is 0 Å². The molecule has 1 saturated heterocycles. The molecule has 2 nitrogen and oxygen atoms in total. The minimum absolute atomic E-state index is 0.127. The summed E-state index contributed by atoms with van der Waals surface area (Å²) in [5.41, 5.74) is 0.539. The Kier molecular flexibility index (Phi) is 4.53. The Morgan fingerprint density at radius 1 is 1.25 bits per heavy atom. The van der Waals surface area contributed by atoms with Crippen molar-refractivity contribution in [1.29, 1.82) is 0 Å². The van der Waals surface area contributed by atoms with Crippen molar-refractivity contribution in [1.82, 2.24) is 0 Å². The van der Waals surface area contributed by atoms with Crippen molar-refractivity contribution in [3.8, 4) is 0 Å². The average molecular weight is 294 g/mol. The highest BCUT2D eigenvalue weighted by atomic mass is 32.2. The molecule has 1 N–H and O–H groups in total. The molecular weight excluding hydrogens is 268 g/mol. The summed E-state index contributed by atoms with van der Waals surface area (Å²) in [7, 11) is 0. The molecule has 0 radical (unpaired) electrons. The SMILES string of the molecule is CCSc1ccc(C(O)C2CC(C)(C)OC2(C)C)cc1. The Morgan fingerprint density at radius 3 is 2.30 bits per heavy atom. The van der Waals surface area contributed by atoms with E-state index in [9.17, 15) is 5.11 Å². The summed E-state index contributed by atoms with van der Waals surface area (Å²) in [5.74, 6) is 1.20. The number of hydrogen-bond acceptors (Lipinski definition) is 3. The predicted molar refractivity (Wildman–Crippen MR) is 85.1 cm³/mol. The summed E-state index contributed by atoms with van der Waals surface area (Å²) in [6.45, 7) is 10.5. The monoisotopic (exact) mass is 294 g/mol. The van der Waals surface area contributed by atoms with Gasteiger partial charge in [-0.3, -0.25) is 0 Å². The van der Waals surface area contributed by atoms with E-state index in [0.29, 0.717) is 0 Å². The van der Waals surface area contributed by atoms with E-state index >= 15 is 0 Å². The first-order valence-electron chi connectivity index (χ1n) is 7.36. The molecule has 0 aromatic heterocycles. The maximum Gasteiger partial charge on any atom is 0.0846 e. The standard InChI is InChI=1S/C17H26O2S/c1-6-20-13-9-7-12(8-10-13)15(18)14-11-16(2,3)19-17(14,4)5/h7-10,14-15,18H,6,11H2,1-5H3. The Balaban J connectivity index is 2.16. The van der Waals surface area contributed by atoms with Crippen LogP contribution in [-0.4, -0.2) is 22.1 Å². The fraction of sp³-hybridized carbons (Fsp3) is 0.647. The second-order valence-corrected chi connectivity index (χ2v) is 8.06. The summed E-state index contributed by atoms with van der Waals surface area (Å²) in [4.78, 5) is 1.26. The summed E-state index contributed by atoms with van der Waals surface area (Å²) in [6.07, 6.45) is 0.416. The Bertz CT molecular complexity index is 451. The smallest absolute Gasteiger partial charge is 0.0846 e. The van der Waals surface area contributed by atoms with Gasteiger partial charge in [-0.05, 0) is 57.6 Å².